The quantitative estimate of drug-likeness (QED) is 0.569. The molecule has 0 aliphatic carbocycles. The summed E-state index contributed by atoms with van der Waals surface area (Å²) >= 11 is 0.857. The number of hydrogen-bond donors (Lipinski definition) is 0. The van der Waals surface area contributed by atoms with Crippen LogP contribution in [0.25, 0.3) is 0 Å². The van der Waals surface area contributed by atoms with E-state index in [1.165, 1.54) is 7.11 Å². The van der Waals surface area contributed by atoms with Gasteiger partial charge < -0.3 is 18.6 Å². The van der Waals surface area contributed by atoms with Crippen LogP contribution >= 0.6 is 11.8 Å². The lowest BCUT2D eigenvalue weighted by molar-refractivity contribution is 0.108. The summed E-state index contributed by atoms with van der Waals surface area (Å²) in [4.78, 5) is 12.5. The number of thioether (sulfide) groups is 1. The molecule has 0 N–H and O–H groups in total. The van der Waals surface area contributed by atoms with Crippen LogP contribution in [0.1, 0.15) is 21.8 Å². The summed E-state index contributed by atoms with van der Waals surface area (Å²) in [6.45, 7) is 0. The molecule has 3 aromatic rings. The molecule has 0 saturated heterocycles. The van der Waals surface area contributed by atoms with Crippen LogP contribution in [0.15, 0.2) is 52.1 Å². The third kappa shape index (κ3) is 4.59. The van der Waals surface area contributed by atoms with Crippen LogP contribution in [-0.4, -0.2) is 36.6 Å². The third-order valence-corrected chi connectivity index (χ3v) is 4.52. The van der Waals surface area contributed by atoms with Crippen molar-refractivity contribution in [2.24, 2.45) is 0 Å². The minimum atomic E-state index is -0.255. The van der Waals surface area contributed by atoms with Crippen LogP contribution in [-0.2, 0) is 6.42 Å². The summed E-state index contributed by atoms with van der Waals surface area (Å²) in [5.74, 6) is 2.23. The highest BCUT2D eigenvalue weighted by Crippen LogP contribution is 2.30. The lowest BCUT2D eigenvalue weighted by atomic mass is 10.1. The van der Waals surface area contributed by atoms with Gasteiger partial charge in [-0.25, -0.2) is 0 Å². The molecule has 27 heavy (non-hydrogen) atoms. The second-order valence-electron chi connectivity index (χ2n) is 5.44. The van der Waals surface area contributed by atoms with E-state index in [0.717, 1.165) is 23.1 Å². The van der Waals surface area contributed by atoms with E-state index in [1.54, 1.807) is 32.4 Å². The Bertz CT molecular complexity index is 924. The fourth-order valence-corrected chi connectivity index (χ4v) is 3.03. The second-order valence-corrected chi connectivity index (χ2v) is 6.37. The molecule has 3 rings (SSSR count). The molecule has 1 aromatic heterocycles. The standard InChI is InChI=1S/C19H18N2O5S/c1-23-13-6-4-12(5-7-13)10-17-20-21-19(26-17)27-18(22)15-9-8-14(24-2)11-16(15)25-3/h4-9,11H,10H2,1-3H3. The predicted molar refractivity (Wildman–Crippen MR) is 99.8 cm³/mol. The third-order valence-electron chi connectivity index (χ3n) is 3.77. The summed E-state index contributed by atoms with van der Waals surface area (Å²) < 4.78 is 21.1. The van der Waals surface area contributed by atoms with Crippen LogP contribution in [0.4, 0.5) is 0 Å². The smallest absolute Gasteiger partial charge is 0.284 e. The Kier molecular flexibility index (Phi) is 5.97. The number of carbonyl (C=O) groups excluding carboxylic acids is 1. The second kappa shape index (κ2) is 8.59. The first kappa shape index (κ1) is 18.8. The molecule has 0 saturated carbocycles. The molecule has 8 heteroatoms. The molecule has 2 aromatic carbocycles. The molecule has 0 radical (unpaired) electrons. The number of carbonyl (C=O) groups is 1. The van der Waals surface area contributed by atoms with Crippen molar-refractivity contribution in [1.29, 1.82) is 0 Å². The topological polar surface area (TPSA) is 83.7 Å². The van der Waals surface area contributed by atoms with E-state index in [2.05, 4.69) is 10.2 Å². The maximum Gasteiger partial charge on any atom is 0.284 e. The van der Waals surface area contributed by atoms with Gasteiger partial charge in [0.1, 0.15) is 17.2 Å². The maximum absolute atomic E-state index is 12.5. The normalized spacial score (nSPS) is 10.5. The zero-order valence-electron chi connectivity index (χ0n) is 15.1. The molecule has 1 heterocycles. The van der Waals surface area contributed by atoms with Gasteiger partial charge >= 0.3 is 0 Å². The molecule has 0 unspecified atom stereocenters. The number of ether oxygens (including phenoxy) is 3. The van der Waals surface area contributed by atoms with Crippen LogP contribution in [0.2, 0.25) is 0 Å². The van der Waals surface area contributed by atoms with Gasteiger partial charge in [0.05, 0.1) is 33.3 Å². The van der Waals surface area contributed by atoms with Crippen LogP contribution in [0.3, 0.4) is 0 Å². The lowest BCUT2D eigenvalue weighted by Gasteiger charge is -2.08. The number of aromatic nitrogens is 2. The Hall–Kier alpha value is -3.00. The summed E-state index contributed by atoms with van der Waals surface area (Å²) in [5.41, 5.74) is 1.40. The summed E-state index contributed by atoms with van der Waals surface area (Å²) in [7, 11) is 4.66. The molecule has 0 bridgehead atoms. The van der Waals surface area contributed by atoms with Crippen molar-refractivity contribution in [2.75, 3.05) is 21.3 Å². The Morgan fingerprint density at radius 2 is 1.67 bits per heavy atom. The maximum atomic E-state index is 12.5. The van der Waals surface area contributed by atoms with E-state index in [0.29, 0.717) is 29.4 Å². The van der Waals surface area contributed by atoms with Gasteiger partial charge in [-0.2, -0.15) is 0 Å². The number of rotatable bonds is 7. The Balaban J connectivity index is 1.69. The van der Waals surface area contributed by atoms with Crippen molar-refractivity contribution in [2.45, 2.75) is 11.6 Å². The van der Waals surface area contributed by atoms with Crippen molar-refractivity contribution >= 4 is 16.9 Å². The molecule has 0 atom stereocenters. The summed E-state index contributed by atoms with van der Waals surface area (Å²) in [6, 6.07) is 12.5. The van der Waals surface area contributed by atoms with E-state index in [-0.39, 0.29) is 10.3 Å². The fourth-order valence-electron chi connectivity index (χ4n) is 2.37. The van der Waals surface area contributed by atoms with Gasteiger partial charge in [-0.3, -0.25) is 4.79 Å². The lowest BCUT2D eigenvalue weighted by Crippen LogP contribution is -1.99. The highest BCUT2D eigenvalue weighted by atomic mass is 32.2. The van der Waals surface area contributed by atoms with Gasteiger partial charge in [0, 0.05) is 17.8 Å². The number of methoxy groups -OCH3 is 3. The average molecular weight is 386 g/mol. The first-order chi connectivity index (χ1) is 13.1. The van der Waals surface area contributed by atoms with Crippen molar-refractivity contribution in [3.05, 3.63) is 59.5 Å². The highest BCUT2D eigenvalue weighted by Gasteiger charge is 2.18. The van der Waals surface area contributed by atoms with Gasteiger partial charge in [-0.15, -0.1) is 10.2 Å². The molecule has 0 amide bonds. The number of nitrogens with zero attached hydrogens (tertiary/aromatic N) is 2. The van der Waals surface area contributed by atoms with Crippen LogP contribution in [0, 0.1) is 0 Å². The van der Waals surface area contributed by atoms with E-state index < -0.39 is 0 Å². The molecule has 0 aliphatic heterocycles. The molecular weight excluding hydrogens is 368 g/mol. The molecule has 0 aliphatic rings. The molecule has 0 spiro atoms. The first-order valence-corrected chi connectivity index (χ1v) is 8.84. The van der Waals surface area contributed by atoms with Crippen LogP contribution in [0.5, 0.6) is 17.2 Å². The van der Waals surface area contributed by atoms with Gasteiger partial charge in [0.25, 0.3) is 5.22 Å². The Morgan fingerprint density at radius 3 is 2.33 bits per heavy atom. The number of benzene rings is 2. The first-order valence-electron chi connectivity index (χ1n) is 8.02. The van der Waals surface area contributed by atoms with Gasteiger partial charge in [0.15, 0.2) is 0 Å². The summed E-state index contributed by atoms with van der Waals surface area (Å²) in [5, 5.41) is 7.86. The van der Waals surface area contributed by atoms with Crippen molar-refractivity contribution in [3.63, 3.8) is 0 Å². The van der Waals surface area contributed by atoms with Crippen LogP contribution < -0.4 is 14.2 Å². The van der Waals surface area contributed by atoms with Crippen molar-refractivity contribution in [3.8, 4) is 17.2 Å². The molecular formula is C19H18N2O5S. The van der Waals surface area contributed by atoms with E-state index in [9.17, 15) is 4.79 Å². The fraction of sp³-hybridized carbons (Fsp3) is 0.211. The van der Waals surface area contributed by atoms with Gasteiger partial charge in [-0.05, 0) is 29.8 Å². The van der Waals surface area contributed by atoms with Crippen molar-refractivity contribution in [1.82, 2.24) is 10.2 Å². The number of hydrogen-bond acceptors (Lipinski definition) is 8. The summed E-state index contributed by atoms with van der Waals surface area (Å²) in [6.07, 6.45) is 0.470. The molecule has 0 fully saturated rings. The van der Waals surface area contributed by atoms with E-state index in [1.807, 2.05) is 24.3 Å². The Morgan fingerprint density at radius 1 is 0.963 bits per heavy atom. The Labute approximate surface area is 160 Å². The minimum absolute atomic E-state index is 0.182. The largest absolute Gasteiger partial charge is 0.497 e. The molecule has 140 valence electrons. The molecule has 7 nitrogen and oxygen atoms in total. The zero-order valence-corrected chi connectivity index (χ0v) is 15.9. The van der Waals surface area contributed by atoms with Gasteiger partial charge in [0.2, 0.25) is 11.0 Å². The average Bonchev–Trinajstić information content (AvgIpc) is 3.14. The predicted octanol–water partition coefficient (Wildman–Crippen LogP) is 3.62. The SMILES string of the molecule is COc1ccc(Cc2nnc(SC(=O)c3ccc(OC)cc3OC)o2)cc1. The van der Waals surface area contributed by atoms with E-state index in [4.69, 9.17) is 18.6 Å². The minimum Gasteiger partial charge on any atom is -0.497 e. The zero-order chi connectivity index (χ0) is 19.2. The van der Waals surface area contributed by atoms with Crippen molar-refractivity contribution < 1.29 is 23.4 Å². The highest BCUT2D eigenvalue weighted by molar-refractivity contribution is 8.14. The van der Waals surface area contributed by atoms with E-state index >= 15 is 0 Å². The monoisotopic (exact) mass is 386 g/mol. The van der Waals surface area contributed by atoms with Gasteiger partial charge in [-0.1, -0.05) is 12.1 Å².